The molecular formula is C22H27Cl2N5O2. The van der Waals surface area contributed by atoms with Crippen LogP contribution in [0.1, 0.15) is 27.7 Å². The number of anilines is 2. The van der Waals surface area contributed by atoms with Gasteiger partial charge in [0.15, 0.2) is 0 Å². The second-order valence-electron chi connectivity index (χ2n) is 7.45. The monoisotopic (exact) mass is 463 g/mol. The van der Waals surface area contributed by atoms with Gasteiger partial charge in [0.2, 0.25) is 0 Å². The Kier molecular flexibility index (Phi) is 9.68. The standard InChI is InChI=1S/C22H25N5O2.2ClH/c1-14(2)25-21-9-6-17(12-23-21)16-5-8-19(20(11-16)27(28)29)18-7-10-22(24-13-18)26-15(3)4;;/h5-15H,1-4H3,(H,23,25)(H,24,26);2*1H. The van der Waals surface area contributed by atoms with Crippen LogP contribution in [0.3, 0.4) is 0 Å². The van der Waals surface area contributed by atoms with E-state index in [-0.39, 0.29) is 47.5 Å². The summed E-state index contributed by atoms with van der Waals surface area (Å²) in [7, 11) is 0. The van der Waals surface area contributed by atoms with Gasteiger partial charge in [-0.3, -0.25) is 10.1 Å². The van der Waals surface area contributed by atoms with Crippen molar-refractivity contribution in [3.8, 4) is 22.3 Å². The van der Waals surface area contributed by atoms with Gasteiger partial charge in [0.05, 0.1) is 10.5 Å². The van der Waals surface area contributed by atoms with Crippen LogP contribution >= 0.6 is 24.8 Å². The smallest absolute Gasteiger partial charge is 0.277 e. The molecule has 0 saturated heterocycles. The van der Waals surface area contributed by atoms with Crippen molar-refractivity contribution in [2.45, 2.75) is 39.8 Å². The number of aromatic nitrogens is 2. The first-order chi connectivity index (χ1) is 13.8. The van der Waals surface area contributed by atoms with Gasteiger partial charge in [-0.1, -0.05) is 6.07 Å². The summed E-state index contributed by atoms with van der Waals surface area (Å²) < 4.78 is 0. The summed E-state index contributed by atoms with van der Waals surface area (Å²) in [5.41, 5.74) is 2.84. The van der Waals surface area contributed by atoms with Crippen molar-refractivity contribution in [1.82, 2.24) is 9.97 Å². The SMILES string of the molecule is CC(C)Nc1ccc(-c2ccc(-c3ccc(NC(C)C)nc3)c([N+](=O)[O-])c2)cn1.Cl.Cl. The molecule has 0 saturated carbocycles. The van der Waals surface area contributed by atoms with Gasteiger partial charge in [0.25, 0.3) is 5.69 Å². The lowest BCUT2D eigenvalue weighted by atomic mass is 10.00. The number of hydrogen-bond donors (Lipinski definition) is 2. The first-order valence-corrected chi connectivity index (χ1v) is 9.58. The highest BCUT2D eigenvalue weighted by molar-refractivity contribution is 5.85. The summed E-state index contributed by atoms with van der Waals surface area (Å²) in [5, 5.41) is 18.2. The first-order valence-electron chi connectivity index (χ1n) is 9.58. The van der Waals surface area contributed by atoms with E-state index in [1.165, 1.54) is 0 Å². The molecule has 31 heavy (non-hydrogen) atoms. The van der Waals surface area contributed by atoms with Gasteiger partial charge in [0, 0.05) is 41.7 Å². The van der Waals surface area contributed by atoms with E-state index in [9.17, 15) is 10.1 Å². The van der Waals surface area contributed by atoms with Crippen molar-refractivity contribution in [1.29, 1.82) is 0 Å². The Labute approximate surface area is 194 Å². The molecule has 0 aliphatic heterocycles. The number of nitro groups is 1. The van der Waals surface area contributed by atoms with Crippen LogP contribution in [0, 0.1) is 10.1 Å². The van der Waals surface area contributed by atoms with Crippen LogP contribution in [0.15, 0.2) is 54.9 Å². The lowest BCUT2D eigenvalue weighted by molar-refractivity contribution is -0.384. The molecule has 0 radical (unpaired) electrons. The van der Waals surface area contributed by atoms with Gasteiger partial charge in [-0.2, -0.15) is 0 Å². The molecule has 0 unspecified atom stereocenters. The molecule has 9 heteroatoms. The predicted octanol–water partition coefficient (Wildman–Crippen LogP) is 6.20. The van der Waals surface area contributed by atoms with E-state index >= 15 is 0 Å². The van der Waals surface area contributed by atoms with E-state index in [2.05, 4.69) is 20.6 Å². The molecule has 166 valence electrons. The summed E-state index contributed by atoms with van der Waals surface area (Å²) in [6.45, 7) is 8.13. The molecule has 0 aliphatic rings. The number of benzene rings is 1. The zero-order valence-electron chi connectivity index (χ0n) is 17.8. The third-order valence-electron chi connectivity index (χ3n) is 4.24. The second-order valence-corrected chi connectivity index (χ2v) is 7.45. The van der Waals surface area contributed by atoms with Crippen molar-refractivity contribution >= 4 is 42.1 Å². The fourth-order valence-corrected chi connectivity index (χ4v) is 2.99. The molecule has 1 aromatic carbocycles. The van der Waals surface area contributed by atoms with Crippen molar-refractivity contribution in [2.75, 3.05) is 10.6 Å². The molecule has 2 N–H and O–H groups in total. The number of hydrogen-bond acceptors (Lipinski definition) is 6. The van der Waals surface area contributed by atoms with Crippen LogP contribution in [0.5, 0.6) is 0 Å². The molecule has 3 rings (SSSR count). The van der Waals surface area contributed by atoms with E-state index in [0.29, 0.717) is 11.1 Å². The molecule has 7 nitrogen and oxygen atoms in total. The Morgan fingerprint density at radius 2 is 1.26 bits per heavy atom. The summed E-state index contributed by atoms with van der Waals surface area (Å²) in [4.78, 5) is 20.1. The largest absolute Gasteiger partial charge is 0.368 e. The topological polar surface area (TPSA) is 93.0 Å². The lowest BCUT2D eigenvalue weighted by Gasteiger charge is -2.11. The summed E-state index contributed by atoms with van der Waals surface area (Å²) in [5.74, 6) is 1.51. The van der Waals surface area contributed by atoms with E-state index in [1.54, 1.807) is 24.5 Å². The van der Waals surface area contributed by atoms with E-state index in [4.69, 9.17) is 0 Å². The minimum absolute atomic E-state index is 0. The zero-order valence-corrected chi connectivity index (χ0v) is 19.5. The van der Waals surface area contributed by atoms with Gasteiger partial charge in [-0.15, -0.1) is 24.8 Å². The Morgan fingerprint density at radius 3 is 1.68 bits per heavy atom. The average Bonchev–Trinajstić information content (AvgIpc) is 2.68. The van der Waals surface area contributed by atoms with Crippen LogP contribution in [-0.2, 0) is 0 Å². The normalized spacial score (nSPS) is 10.3. The number of pyridine rings is 2. The predicted molar refractivity (Wildman–Crippen MR) is 132 cm³/mol. The van der Waals surface area contributed by atoms with Crippen LogP contribution in [-0.4, -0.2) is 27.0 Å². The Bertz CT molecular complexity index is 994. The molecule has 0 atom stereocenters. The maximum atomic E-state index is 11.7. The maximum absolute atomic E-state index is 11.7. The molecule has 2 heterocycles. The van der Waals surface area contributed by atoms with Crippen LogP contribution in [0.2, 0.25) is 0 Å². The van der Waals surface area contributed by atoms with Crippen molar-refractivity contribution in [3.63, 3.8) is 0 Å². The number of rotatable bonds is 7. The highest BCUT2D eigenvalue weighted by Gasteiger charge is 2.17. The van der Waals surface area contributed by atoms with Crippen LogP contribution in [0.4, 0.5) is 17.3 Å². The second kappa shape index (κ2) is 11.5. The third kappa shape index (κ3) is 6.80. The van der Waals surface area contributed by atoms with E-state index in [0.717, 1.165) is 22.8 Å². The number of nitrogens with one attached hydrogen (secondary N) is 2. The van der Waals surface area contributed by atoms with Gasteiger partial charge in [0.1, 0.15) is 11.6 Å². The molecule has 0 aliphatic carbocycles. The summed E-state index contributed by atoms with van der Waals surface area (Å²) in [6, 6.07) is 13.2. The minimum atomic E-state index is -0.360. The fourth-order valence-electron chi connectivity index (χ4n) is 2.99. The number of nitro benzene ring substituents is 1. The highest BCUT2D eigenvalue weighted by atomic mass is 35.5. The summed E-state index contributed by atoms with van der Waals surface area (Å²) in [6.07, 6.45) is 3.37. The maximum Gasteiger partial charge on any atom is 0.277 e. The molecular weight excluding hydrogens is 437 g/mol. The number of nitrogens with zero attached hydrogens (tertiary/aromatic N) is 3. The Morgan fingerprint density at radius 1 is 0.774 bits per heavy atom. The highest BCUT2D eigenvalue weighted by Crippen LogP contribution is 2.34. The van der Waals surface area contributed by atoms with Gasteiger partial charge >= 0.3 is 0 Å². The Balaban J connectivity index is 0.00000240. The van der Waals surface area contributed by atoms with Crippen LogP contribution < -0.4 is 10.6 Å². The van der Waals surface area contributed by atoms with Crippen molar-refractivity contribution in [3.05, 3.63) is 65.0 Å². The molecule has 0 fully saturated rings. The van der Waals surface area contributed by atoms with Crippen molar-refractivity contribution < 1.29 is 4.92 Å². The van der Waals surface area contributed by atoms with Crippen molar-refractivity contribution in [2.24, 2.45) is 0 Å². The molecule has 0 bridgehead atoms. The molecule has 0 spiro atoms. The Hall–Kier alpha value is -2.90. The van der Waals surface area contributed by atoms with Gasteiger partial charge in [-0.05, 0) is 63.6 Å². The van der Waals surface area contributed by atoms with E-state index < -0.39 is 0 Å². The zero-order chi connectivity index (χ0) is 21.0. The van der Waals surface area contributed by atoms with Crippen LogP contribution in [0.25, 0.3) is 22.3 Å². The first kappa shape index (κ1) is 26.1. The number of halogens is 2. The van der Waals surface area contributed by atoms with E-state index in [1.807, 2.05) is 58.0 Å². The third-order valence-corrected chi connectivity index (χ3v) is 4.24. The quantitative estimate of drug-likeness (QED) is 0.319. The molecule has 3 aromatic rings. The fraction of sp³-hybridized carbons (Fsp3) is 0.273. The van der Waals surface area contributed by atoms with Gasteiger partial charge in [-0.25, -0.2) is 9.97 Å². The lowest BCUT2D eigenvalue weighted by Crippen LogP contribution is -2.10. The average molecular weight is 464 g/mol. The minimum Gasteiger partial charge on any atom is -0.368 e. The molecule has 2 aromatic heterocycles. The van der Waals surface area contributed by atoms with Gasteiger partial charge < -0.3 is 10.6 Å². The summed E-state index contributed by atoms with van der Waals surface area (Å²) >= 11 is 0. The molecule has 0 amide bonds.